The van der Waals surface area contributed by atoms with Gasteiger partial charge < -0.3 is 9.73 Å². The van der Waals surface area contributed by atoms with Crippen molar-refractivity contribution in [3.05, 3.63) is 68.6 Å². The van der Waals surface area contributed by atoms with Crippen LogP contribution in [0.15, 0.2) is 59.0 Å². The van der Waals surface area contributed by atoms with Crippen molar-refractivity contribution >= 4 is 68.3 Å². The molecule has 0 aliphatic carbocycles. The van der Waals surface area contributed by atoms with Crippen molar-refractivity contribution in [1.29, 1.82) is 5.26 Å². The number of nitriles is 1. The second kappa shape index (κ2) is 7.28. The van der Waals surface area contributed by atoms with E-state index in [0.29, 0.717) is 16.8 Å². The summed E-state index contributed by atoms with van der Waals surface area (Å²) in [4.78, 5) is 13.5. The van der Waals surface area contributed by atoms with Gasteiger partial charge in [-0.3, -0.25) is 9.36 Å². The Morgan fingerprint density at radius 2 is 1.90 bits per heavy atom. The summed E-state index contributed by atoms with van der Waals surface area (Å²) >= 11 is 7.62. The van der Waals surface area contributed by atoms with Crippen LogP contribution in [0.5, 0.6) is 0 Å². The molecule has 0 saturated heterocycles. The number of nitrogens with one attached hydrogen (secondary N) is 1. The molecule has 5 nitrogen and oxygen atoms in total. The largest absolute Gasteiger partial charge is 0.429 e. The van der Waals surface area contributed by atoms with Crippen LogP contribution < -0.4 is 5.32 Å². The quantitative estimate of drug-likeness (QED) is 0.271. The third-order valence-electron chi connectivity index (χ3n) is 4.95. The number of halogens is 1. The van der Waals surface area contributed by atoms with Gasteiger partial charge in [-0.15, -0.1) is 0 Å². The van der Waals surface area contributed by atoms with E-state index >= 15 is 0 Å². The third kappa shape index (κ3) is 3.32. The molecular formula is C22H16IN3O2S. The lowest BCUT2D eigenvalue weighted by atomic mass is 10.0. The standard InChI is InChI=1S/C22H16IN3O2S/c1-22(2,26-18-10-8-14(23)11-19(18)28-21(26)29)20(27)25-17-9-7-13(12-24)15-5-3-4-6-16(15)17/h3-11H,1-2H3,(H,25,27). The fourth-order valence-electron chi connectivity index (χ4n) is 3.40. The zero-order valence-corrected chi connectivity index (χ0v) is 18.7. The fourth-order valence-corrected chi connectivity index (χ4v) is 4.28. The molecular weight excluding hydrogens is 497 g/mol. The van der Waals surface area contributed by atoms with Gasteiger partial charge in [0, 0.05) is 20.0 Å². The molecule has 3 aromatic carbocycles. The second-order valence-electron chi connectivity index (χ2n) is 7.15. The predicted octanol–water partition coefficient (Wildman–Crippen LogP) is 5.97. The first-order chi connectivity index (χ1) is 13.8. The number of rotatable bonds is 3. The lowest BCUT2D eigenvalue weighted by molar-refractivity contribution is -0.123. The zero-order chi connectivity index (χ0) is 20.8. The Labute approximate surface area is 186 Å². The van der Waals surface area contributed by atoms with E-state index in [2.05, 4.69) is 34.0 Å². The van der Waals surface area contributed by atoms with E-state index in [1.807, 2.05) is 42.5 Å². The van der Waals surface area contributed by atoms with E-state index in [-0.39, 0.29) is 10.7 Å². The molecule has 29 heavy (non-hydrogen) atoms. The molecule has 1 amide bonds. The molecule has 0 aliphatic heterocycles. The van der Waals surface area contributed by atoms with Gasteiger partial charge >= 0.3 is 0 Å². The monoisotopic (exact) mass is 513 g/mol. The molecule has 1 aromatic heterocycles. The number of nitrogens with zero attached hydrogens (tertiary/aromatic N) is 2. The number of anilines is 1. The van der Waals surface area contributed by atoms with Gasteiger partial charge in [0.25, 0.3) is 4.84 Å². The highest BCUT2D eigenvalue weighted by Gasteiger charge is 2.33. The van der Waals surface area contributed by atoms with E-state index in [1.165, 1.54) is 0 Å². The molecule has 1 heterocycles. The van der Waals surface area contributed by atoms with E-state index in [1.54, 1.807) is 30.5 Å². The molecule has 0 saturated carbocycles. The Morgan fingerprint density at radius 1 is 1.17 bits per heavy atom. The first-order valence-corrected chi connectivity index (χ1v) is 10.4. The van der Waals surface area contributed by atoms with Gasteiger partial charge in [-0.05, 0) is 79.0 Å². The average molecular weight is 513 g/mol. The van der Waals surface area contributed by atoms with Crippen molar-refractivity contribution in [2.75, 3.05) is 5.32 Å². The number of aromatic nitrogens is 1. The summed E-state index contributed by atoms with van der Waals surface area (Å²) in [6.45, 7) is 3.60. The highest BCUT2D eigenvalue weighted by atomic mass is 127. The van der Waals surface area contributed by atoms with Crippen molar-refractivity contribution in [2.24, 2.45) is 0 Å². The van der Waals surface area contributed by atoms with Gasteiger partial charge in [-0.25, -0.2) is 0 Å². The van der Waals surface area contributed by atoms with Crippen LogP contribution in [0, 0.1) is 19.7 Å². The van der Waals surface area contributed by atoms with Crippen molar-refractivity contribution in [3.63, 3.8) is 0 Å². The summed E-state index contributed by atoms with van der Waals surface area (Å²) in [5.41, 5.74) is 1.62. The average Bonchev–Trinajstić information content (AvgIpc) is 3.03. The molecule has 4 rings (SSSR count). The first-order valence-electron chi connectivity index (χ1n) is 8.88. The summed E-state index contributed by atoms with van der Waals surface area (Å²) in [7, 11) is 0. The number of carbonyl (C=O) groups is 1. The second-order valence-corrected chi connectivity index (χ2v) is 8.74. The SMILES string of the molecule is CC(C)(C(=O)Nc1ccc(C#N)c2ccccc12)n1c(=S)oc2cc(I)ccc21. The van der Waals surface area contributed by atoms with E-state index in [0.717, 1.165) is 19.9 Å². The van der Waals surface area contributed by atoms with Crippen molar-refractivity contribution < 1.29 is 9.21 Å². The van der Waals surface area contributed by atoms with E-state index in [4.69, 9.17) is 16.6 Å². The van der Waals surface area contributed by atoms with Gasteiger partial charge in [0.1, 0.15) is 5.54 Å². The van der Waals surface area contributed by atoms with E-state index in [9.17, 15) is 10.1 Å². The normalized spacial score (nSPS) is 11.5. The third-order valence-corrected chi connectivity index (χ3v) is 5.89. The van der Waals surface area contributed by atoms with Crippen LogP contribution >= 0.6 is 34.8 Å². The lowest BCUT2D eigenvalue weighted by Crippen LogP contribution is -2.40. The van der Waals surface area contributed by atoms with Crippen molar-refractivity contribution in [3.8, 4) is 6.07 Å². The number of oxazole rings is 1. The molecule has 0 unspecified atom stereocenters. The van der Waals surface area contributed by atoms with Crippen LogP contribution in [-0.2, 0) is 10.3 Å². The van der Waals surface area contributed by atoms with Crippen LogP contribution in [0.3, 0.4) is 0 Å². The molecule has 0 atom stereocenters. The van der Waals surface area contributed by atoms with Crippen LogP contribution in [0.4, 0.5) is 5.69 Å². The van der Waals surface area contributed by atoms with Crippen molar-refractivity contribution in [2.45, 2.75) is 19.4 Å². The molecule has 4 aromatic rings. The number of carbonyl (C=O) groups excluding carboxylic acids is 1. The smallest absolute Gasteiger partial charge is 0.270 e. The minimum absolute atomic E-state index is 0.232. The Kier molecular flexibility index (Phi) is 4.92. The highest BCUT2D eigenvalue weighted by molar-refractivity contribution is 14.1. The minimum atomic E-state index is -0.996. The van der Waals surface area contributed by atoms with Crippen LogP contribution in [0.1, 0.15) is 19.4 Å². The summed E-state index contributed by atoms with van der Waals surface area (Å²) in [6, 6.07) is 18.9. The van der Waals surface area contributed by atoms with Crippen LogP contribution in [0.2, 0.25) is 0 Å². The molecule has 7 heteroatoms. The number of hydrogen-bond donors (Lipinski definition) is 1. The molecule has 0 bridgehead atoms. The van der Waals surface area contributed by atoms with Gasteiger partial charge in [0.05, 0.1) is 17.1 Å². The Hall–Kier alpha value is -2.70. The maximum atomic E-state index is 13.3. The summed E-state index contributed by atoms with van der Waals surface area (Å²) in [5.74, 6) is -0.232. The predicted molar refractivity (Wildman–Crippen MR) is 124 cm³/mol. The molecule has 0 fully saturated rings. The minimum Gasteiger partial charge on any atom is -0.429 e. The maximum absolute atomic E-state index is 13.3. The molecule has 1 N–H and O–H groups in total. The van der Waals surface area contributed by atoms with Crippen LogP contribution in [0.25, 0.3) is 21.9 Å². The highest BCUT2D eigenvalue weighted by Crippen LogP contribution is 2.31. The maximum Gasteiger partial charge on any atom is 0.270 e. The van der Waals surface area contributed by atoms with Gasteiger partial charge in [-0.2, -0.15) is 5.26 Å². The van der Waals surface area contributed by atoms with Crippen LogP contribution in [-0.4, -0.2) is 10.5 Å². The van der Waals surface area contributed by atoms with E-state index < -0.39 is 5.54 Å². The summed E-state index contributed by atoms with van der Waals surface area (Å²) < 4.78 is 8.48. The van der Waals surface area contributed by atoms with Gasteiger partial charge in [0.2, 0.25) is 5.91 Å². The molecule has 144 valence electrons. The molecule has 0 spiro atoms. The van der Waals surface area contributed by atoms with Gasteiger partial charge in [0.15, 0.2) is 5.58 Å². The number of amides is 1. The van der Waals surface area contributed by atoms with Crippen molar-refractivity contribution in [1.82, 2.24) is 4.57 Å². The lowest BCUT2D eigenvalue weighted by Gasteiger charge is -2.26. The molecule has 0 radical (unpaired) electrons. The summed E-state index contributed by atoms with van der Waals surface area (Å²) in [6.07, 6.45) is 0. The first kappa shape index (κ1) is 19.6. The number of hydrogen-bond acceptors (Lipinski definition) is 4. The Bertz CT molecular complexity index is 1380. The van der Waals surface area contributed by atoms with Gasteiger partial charge in [-0.1, -0.05) is 24.3 Å². The Morgan fingerprint density at radius 3 is 2.62 bits per heavy atom. The topological polar surface area (TPSA) is 71.0 Å². The summed E-state index contributed by atoms with van der Waals surface area (Å²) in [5, 5.41) is 14.0. The zero-order valence-electron chi connectivity index (χ0n) is 15.7. The fraction of sp³-hybridized carbons (Fsp3) is 0.136. The number of benzene rings is 3. The Balaban J connectivity index is 1.78. The number of fused-ring (bicyclic) bond motifs is 2. The molecule has 0 aliphatic rings.